The highest BCUT2D eigenvalue weighted by Crippen LogP contribution is 2.60. The second kappa shape index (κ2) is 12.4. The van der Waals surface area contributed by atoms with Crippen molar-refractivity contribution in [3.8, 4) is 11.1 Å². The summed E-state index contributed by atoms with van der Waals surface area (Å²) < 4.78 is 7.12. The summed E-state index contributed by atoms with van der Waals surface area (Å²) in [7, 11) is 0. The van der Waals surface area contributed by atoms with E-state index in [9.17, 15) is 0 Å². The van der Waals surface area contributed by atoms with E-state index in [4.69, 9.17) is 4.42 Å². The maximum absolute atomic E-state index is 7.12. The van der Waals surface area contributed by atoms with E-state index in [1.807, 2.05) is 0 Å². The normalized spacial score (nSPS) is 13.3. The lowest BCUT2D eigenvalue weighted by Gasteiger charge is -2.35. The molecule has 1 heterocycles. The van der Waals surface area contributed by atoms with Gasteiger partial charge < -0.3 is 9.32 Å². The smallest absolute Gasteiger partial charge is 0.159 e. The molecule has 1 aliphatic carbocycles. The van der Waals surface area contributed by atoms with Crippen molar-refractivity contribution in [1.82, 2.24) is 0 Å². The van der Waals surface area contributed by atoms with Crippen LogP contribution in [0.5, 0.6) is 0 Å². The minimum absolute atomic E-state index is 0.0317. The van der Waals surface area contributed by atoms with E-state index in [1.165, 1.54) is 49.7 Å². The fraction of sp³-hybridized carbons (Fsp3) is 0.115. The molecule has 0 aliphatic heterocycles. The van der Waals surface area contributed by atoms with E-state index in [0.29, 0.717) is 0 Å². The van der Waals surface area contributed by atoms with Gasteiger partial charge in [0.1, 0.15) is 5.58 Å². The molecule has 1 aliphatic rings. The van der Waals surface area contributed by atoms with Gasteiger partial charge >= 0.3 is 0 Å². The summed E-state index contributed by atoms with van der Waals surface area (Å²) in [4.78, 5) is 2.43. The molecule has 0 bridgehead atoms. The number of hydrogen-bond acceptors (Lipinski definition) is 2. The summed E-state index contributed by atoms with van der Waals surface area (Å²) in [5.74, 6) is 0. The van der Waals surface area contributed by atoms with E-state index in [-0.39, 0.29) is 5.41 Å². The summed E-state index contributed by atoms with van der Waals surface area (Å²) in [5, 5.41) is 4.70. The minimum atomic E-state index is -0.540. The molecule has 260 valence electrons. The molecule has 0 radical (unpaired) electrons. The first kappa shape index (κ1) is 32.3. The molecule has 1 aromatic heterocycles. The van der Waals surface area contributed by atoms with Crippen LogP contribution in [0.1, 0.15) is 55.0 Å². The summed E-state index contributed by atoms with van der Waals surface area (Å²) in [6.45, 7) is 6.88. The van der Waals surface area contributed by atoms with Crippen LogP contribution in [0.3, 0.4) is 0 Å². The van der Waals surface area contributed by atoms with Crippen LogP contribution >= 0.6 is 0 Å². The molecular weight excluding hydrogens is 655 g/mol. The number of hydrogen-bond donors (Lipinski definition) is 0. The van der Waals surface area contributed by atoms with Crippen LogP contribution in [-0.4, -0.2) is 0 Å². The molecule has 2 heteroatoms. The fourth-order valence-corrected chi connectivity index (χ4v) is 9.16. The Morgan fingerprint density at radius 2 is 1.06 bits per heavy atom. The summed E-state index contributed by atoms with van der Waals surface area (Å²) in [6.07, 6.45) is 1.01. The maximum atomic E-state index is 7.12. The topological polar surface area (TPSA) is 16.4 Å². The molecule has 0 saturated carbocycles. The second-order valence-corrected chi connectivity index (χ2v) is 15.2. The van der Waals surface area contributed by atoms with Crippen molar-refractivity contribution in [3.05, 3.63) is 210 Å². The summed E-state index contributed by atoms with van der Waals surface area (Å²) >= 11 is 0. The van der Waals surface area contributed by atoms with Crippen molar-refractivity contribution in [2.45, 2.75) is 38.0 Å². The number of furan rings is 1. The molecule has 0 atom stereocenters. The summed E-state index contributed by atoms with van der Waals surface area (Å²) in [6, 6.07) is 66.6. The van der Waals surface area contributed by atoms with Crippen LogP contribution in [0.2, 0.25) is 0 Å². The van der Waals surface area contributed by atoms with Crippen LogP contribution in [0.4, 0.5) is 17.1 Å². The highest BCUT2D eigenvalue weighted by atomic mass is 16.3. The molecule has 0 fully saturated rings. The van der Waals surface area contributed by atoms with Gasteiger partial charge in [-0.15, -0.1) is 0 Å². The van der Waals surface area contributed by atoms with Crippen molar-refractivity contribution in [2.75, 3.05) is 4.90 Å². The van der Waals surface area contributed by atoms with E-state index in [1.54, 1.807) is 0 Å². The predicted octanol–water partition coefficient (Wildman–Crippen LogP) is 14.3. The van der Waals surface area contributed by atoms with Crippen LogP contribution in [0.15, 0.2) is 186 Å². The third-order valence-electron chi connectivity index (χ3n) is 12.1. The third kappa shape index (κ3) is 4.59. The largest absolute Gasteiger partial charge is 0.454 e. The quantitative estimate of drug-likeness (QED) is 0.165. The number of para-hydroxylation sites is 3. The first-order valence-electron chi connectivity index (χ1n) is 19.1. The van der Waals surface area contributed by atoms with E-state index >= 15 is 0 Å². The Balaban J connectivity index is 1.35. The van der Waals surface area contributed by atoms with Gasteiger partial charge in [-0.25, -0.2) is 0 Å². The molecule has 0 N–H and O–H groups in total. The zero-order valence-electron chi connectivity index (χ0n) is 30.9. The Labute approximate surface area is 316 Å². The van der Waals surface area contributed by atoms with Gasteiger partial charge in [0.25, 0.3) is 0 Å². The third-order valence-corrected chi connectivity index (χ3v) is 12.1. The van der Waals surface area contributed by atoms with Crippen molar-refractivity contribution >= 4 is 49.8 Å². The van der Waals surface area contributed by atoms with Crippen molar-refractivity contribution in [3.63, 3.8) is 0 Å². The molecule has 10 rings (SSSR count). The SMILES string of the molecule is CCC(C)(C)c1cccc2c1oc1c(N(c3ccccc3)c3cc4c(c5ccccc35)-c3ccccc3C4(c3ccccc3)c3ccccc3)cccc12. The van der Waals surface area contributed by atoms with E-state index < -0.39 is 5.41 Å². The summed E-state index contributed by atoms with van der Waals surface area (Å²) in [5.41, 5.74) is 13.4. The van der Waals surface area contributed by atoms with Gasteiger partial charge in [-0.2, -0.15) is 0 Å². The molecule has 0 saturated heterocycles. The molecule has 8 aromatic carbocycles. The molecule has 9 aromatic rings. The van der Waals surface area contributed by atoms with Gasteiger partial charge in [0.05, 0.1) is 16.8 Å². The van der Waals surface area contributed by atoms with Crippen molar-refractivity contribution in [2.24, 2.45) is 0 Å². The van der Waals surface area contributed by atoms with E-state index in [2.05, 4.69) is 208 Å². The average molecular weight is 696 g/mol. The number of benzene rings is 8. The minimum Gasteiger partial charge on any atom is -0.454 e. The Kier molecular flexibility index (Phi) is 7.39. The number of rotatable bonds is 7. The highest BCUT2D eigenvalue weighted by molar-refractivity contribution is 6.15. The zero-order chi connectivity index (χ0) is 36.4. The lowest BCUT2D eigenvalue weighted by atomic mass is 9.67. The Bertz CT molecular complexity index is 2790. The van der Waals surface area contributed by atoms with Crippen LogP contribution in [-0.2, 0) is 10.8 Å². The Hall–Kier alpha value is -6.38. The molecule has 2 nitrogen and oxygen atoms in total. The molecule has 0 spiro atoms. The second-order valence-electron chi connectivity index (χ2n) is 15.2. The molecule has 0 unspecified atom stereocenters. The van der Waals surface area contributed by atoms with Crippen LogP contribution in [0, 0.1) is 0 Å². The predicted molar refractivity (Wildman–Crippen MR) is 227 cm³/mol. The maximum Gasteiger partial charge on any atom is 0.159 e. The van der Waals surface area contributed by atoms with Gasteiger partial charge in [0.15, 0.2) is 5.58 Å². The zero-order valence-corrected chi connectivity index (χ0v) is 30.9. The first-order chi connectivity index (χ1) is 26.5. The molecule has 54 heavy (non-hydrogen) atoms. The van der Waals surface area contributed by atoms with Crippen LogP contribution < -0.4 is 4.90 Å². The van der Waals surface area contributed by atoms with E-state index in [0.717, 1.165) is 45.4 Å². The average Bonchev–Trinajstić information content (AvgIpc) is 3.77. The fourth-order valence-electron chi connectivity index (χ4n) is 9.16. The van der Waals surface area contributed by atoms with Gasteiger partial charge in [-0.1, -0.05) is 178 Å². The Morgan fingerprint density at radius 1 is 0.500 bits per heavy atom. The van der Waals surface area contributed by atoms with Gasteiger partial charge in [0, 0.05) is 27.4 Å². The molecular formula is C52H41NO. The lowest BCUT2D eigenvalue weighted by Crippen LogP contribution is -2.28. The number of fused-ring (bicyclic) bond motifs is 8. The first-order valence-corrected chi connectivity index (χ1v) is 19.1. The molecule has 0 amide bonds. The Morgan fingerprint density at radius 3 is 1.74 bits per heavy atom. The lowest BCUT2D eigenvalue weighted by molar-refractivity contribution is 0.500. The van der Waals surface area contributed by atoms with Crippen molar-refractivity contribution < 1.29 is 4.42 Å². The van der Waals surface area contributed by atoms with Gasteiger partial charge in [-0.3, -0.25) is 0 Å². The monoisotopic (exact) mass is 695 g/mol. The van der Waals surface area contributed by atoms with Crippen molar-refractivity contribution in [1.29, 1.82) is 0 Å². The van der Waals surface area contributed by atoms with Gasteiger partial charge in [0.2, 0.25) is 0 Å². The van der Waals surface area contributed by atoms with Gasteiger partial charge in [-0.05, 0) is 74.9 Å². The van der Waals surface area contributed by atoms with Crippen LogP contribution in [0.25, 0.3) is 43.8 Å². The number of anilines is 3. The standard InChI is InChI=1S/C52H41NO/c1-4-51(2,3)44-32-18-29-40-41-30-19-33-46(50(41)54-49(40)44)53(37-24-12-7-13-25-37)47-34-45-48(39-27-15-14-26-38(39)47)42-28-16-17-31-43(42)52(45,35-20-8-5-9-21-35)36-22-10-6-11-23-36/h5-34H,4H2,1-3H3. The number of nitrogens with zero attached hydrogens (tertiary/aromatic N) is 1. The highest BCUT2D eigenvalue weighted by Gasteiger charge is 2.47.